The molecule has 1 aromatic heterocycles. The van der Waals surface area contributed by atoms with E-state index in [1.54, 1.807) is 0 Å². The lowest BCUT2D eigenvalue weighted by Crippen LogP contribution is -2.38. The van der Waals surface area contributed by atoms with Crippen LogP contribution in [0, 0.1) is 0 Å². The van der Waals surface area contributed by atoms with Gasteiger partial charge in [-0.15, -0.1) is 24.0 Å². The number of hydrogen-bond donors (Lipinski definition) is 2. The molecular weight excluding hydrogens is 417 g/mol. The summed E-state index contributed by atoms with van der Waals surface area (Å²) in [6.07, 6.45) is 0.676. The molecule has 0 fully saturated rings. The number of benzene rings is 1. The third-order valence-corrected chi connectivity index (χ3v) is 3.24. The Morgan fingerprint density at radius 2 is 1.96 bits per heavy atom. The molecule has 0 bridgehead atoms. The van der Waals surface area contributed by atoms with E-state index in [-0.39, 0.29) is 29.9 Å². The lowest BCUT2D eigenvalue weighted by molar-refractivity contribution is 0.371. The van der Waals surface area contributed by atoms with E-state index < -0.39 is 0 Å². The molecule has 0 unspecified atom stereocenters. The summed E-state index contributed by atoms with van der Waals surface area (Å²) in [5.74, 6) is 2.48. The zero-order chi connectivity index (χ0) is 16.5. The van der Waals surface area contributed by atoms with Gasteiger partial charge in [-0.05, 0) is 12.5 Å². The van der Waals surface area contributed by atoms with Crippen molar-refractivity contribution in [3.63, 3.8) is 0 Å². The highest BCUT2D eigenvalue weighted by molar-refractivity contribution is 14.0. The predicted octanol–water partition coefficient (Wildman–Crippen LogP) is 3.11. The molecule has 0 saturated carbocycles. The van der Waals surface area contributed by atoms with Crippen LogP contribution in [0.25, 0.3) is 0 Å². The third kappa shape index (κ3) is 6.86. The maximum Gasteiger partial charge on any atom is 0.228 e. The van der Waals surface area contributed by atoms with Crippen LogP contribution in [0.3, 0.4) is 0 Å². The SMILES string of the molecule is CCNC(=NCc1ccccc1)NCCc1nc(C(C)C)no1.I. The number of nitrogens with zero attached hydrogens (tertiary/aromatic N) is 3. The molecule has 2 rings (SSSR count). The summed E-state index contributed by atoms with van der Waals surface area (Å²) in [6.45, 7) is 8.30. The molecule has 1 heterocycles. The van der Waals surface area contributed by atoms with Crippen molar-refractivity contribution >= 4 is 29.9 Å². The van der Waals surface area contributed by atoms with E-state index >= 15 is 0 Å². The molecule has 0 spiro atoms. The Morgan fingerprint density at radius 1 is 1.21 bits per heavy atom. The Kier molecular flexibility index (Phi) is 9.36. The van der Waals surface area contributed by atoms with Gasteiger partial charge in [-0.25, -0.2) is 4.99 Å². The second-order valence-electron chi connectivity index (χ2n) is 5.56. The Hall–Kier alpha value is -1.64. The van der Waals surface area contributed by atoms with Crippen molar-refractivity contribution in [2.75, 3.05) is 13.1 Å². The van der Waals surface area contributed by atoms with Crippen molar-refractivity contribution < 1.29 is 4.52 Å². The summed E-state index contributed by atoms with van der Waals surface area (Å²) in [5, 5.41) is 10.5. The Labute approximate surface area is 160 Å². The quantitative estimate of drug-likeness (QED) is 0.391. The van der Waals surface area contributed by atoms with E-state index in [9.17, 15) is 0 Å². The van der Waals surface area contributed by atoms with Crippen molar-refractivity contribution in [1.82, 2.24) is 20.8 Å². The summed E-state index contributed by atoms with van der Waals surface area (Å²) < 4.78 is 5.24. The standard InChI is InChI=1S/C17H25N5O.HI/c1-4-18-17(20-12-14-8-6-5-7-9-14)19-11-10-15-21-16(13(2)3)22-23-15;/h5-9,13H,4,10-12H2,1-3H3,(H2,18,19,20);1H. The fourth-order valence-electron chi connectivity index (χ4n) is 1.99. The molecule has 0 saturated heterocycles. The van der Waals surface area contributed by atoms with Crippen LogP contribution in [0.2, 0.25) is 0 Å². The van der Waals surface area contributed by atoms with E-state index in [4.69, 9.17) is 4.52 Å². The smallest absolute Gasteiger partial charge is 0.228 e. The predicted molar refractivity (Wildman–Crippen MR) is 107 cm³/mol. The second kappa shape index (κ2) is 11.0. The zero-order valence-corrected chi connectivity index (χ0v) is 16.8. The van der Waals surface area contributed by atoms with Crippen molar-refractivity contribution in [1.29, 1.82) is 0 Å². The molecule has 6 nitrogen and oxygen atoms in total. The molecule has 0 aliphatic carbocycles. The molecule has 0 atom stereocenters. The average Bonchev–Trinajstić information content (AvgIpc) is 3.03. The van der Waals surface area contributed by atoms with Gasteiger partial charge in [0, 0.05) is 25.4 Å². The lowest BCUT2D eigenvalue weighted by Gasteiger charge is -2.10. The van der Waals surface area contributed by atoms with Gasteiger partial charge in [0.2, 0.25) is 5.89 Å². The summed E-state index contributed by atoms with van der Waals surface area (Å²) in [4.78, 5) is 8.94. The summed E-state index contributed by atoms with van der Waals surface area (Å²) in [5.41, 5.74) is 1.18. The highest BCUT2D eigenvalue weighted by atomic mass is 127. The molecule has 2 aromatic rings. The Morgan fingerprint density at radius 3 is 2.58 bits per heavy atom. The maximum absolute atomic E-state index is 5.24. The first-order chi connectivity index (χ1) is 11.2. The first-order valence-electron chi connectivity index (χ1n) is 8.07. The van der Waals surface area contributed by atoms with Gasteiger partial charge in [0.05, 0.1) is 6.54 Å². The first kappa shape index (κ1) is 20.4. The minimum atomic E-state index is 0. The van der Waals surface area contributed by atoms with Crippen LogP contribution in [-0.2, 0) is 13.0 Å². The molecule has 132 valence electrons. The maximum atomic E-state index is 5.24. The van der Waals surface area contributed by atoms with Gasteiger partial charge in [-0.2, -0.15) is 4.98 Å². The van der Waals surface area contributed by atoms with Gasteiger partial charge < -0.3 is 15.2 Å². The van der Waals surface area contributed by atoms with Gasteiger partial charge in [0.15, 0.2) is 11.8 Å². The van der Waals surface area contributed by atoms with Gasteiger partial charge in [-0.3, -0.25) is 0 Å². The van der Waals surface area contributed by atoms with E-state index in [0.29, 0.717) is 25.4 Å². The van der Waals surface area contributed by atoms with Crippen LogP contribution in [0.4, 0.5) is 0 Å². The lowest BCUT2D eigenvalue weighted by atomic mass is 10.2. The number of rotatable bonds is 7. The minimum absolute atomic E-state index is 0. The first-order valence-corrected chi connectivity index (χ1v) is 8.07. The monoisotopic (exact) mass is 443 g/mol. The van der Waals surface area contributed by atoms with Crippen LogP contribution in [0.5, 0.6) is 0 Å². The molecule has 0 radical (unpaired) electrons. The molecular formula is C17H26IN5O. The van der Waals surface area contributed by atoms with E-state index in [0.717, 1.165) is 18.3 Å². The Bertz CT molecular complexity index is 612. The van der Waals surface area contributed by atoms with E-state index in [1.807, 2.05) is 39.0 Å². The van der Waals surface area contributed by atoms with Crippen LogP contribution >= 0.6 is 24.0 Å². The molecule has 0 aliphatic heterocycles. The van der Waals surface area contributed by atoms with Crippen molar-refractivity contribution in [3.05, 3.63) is 47.6 Å². The molecule has 0 aliphatic rings. The fraction of sp³-hybridized carbons (Fsp3) is 0.471. The molecule has 0 amide bonds. The van der Waals surface area contributed by atoms with E-state index in [2.05, 4.69) is 37.9 Å². The normalized spacial score (nSPS) is 11.2. The van der Waals surface area contributed by atoms with Gasteiger partial charge in [0.1, 0.15) is 0 Å². The van der Waals surface area contributed by atoms with Gasteiger partial charge in [0.25, 0.3) is 0 Å². The van der Waals surface area contributed by atoms with Crippen molar-refractivity contribution in [3.8, 4) is 0 Å². The number of halogens is 1. The van der Waals surface area contributed by atoms with E-state index in [1.165, 1.54) is 5.56 Å². The van der Waals surface area contributed by atoms with Crippen molar-refractivity contribution in [2.45, 2.75) is 39.7 Å². The molecule has 24 heavy (non-hydrogen) atoms. The van der Waals surface area contributed by atoms with Crippen molar-refractivity contribution in [2.24, 2.45) is 4.99 Å². The molecule has 1 aromatic carbocycles. The van der Waals surface area contributed by atoms with Gasteiger partial charge in [-0.1, -0.05) is 49.3 Å². The number of aromatic nitrogens is 2. The van der Waals surface area contributed by atoms with Crippen LogP contribution in [-0.4, -0.2) is 29.2 Å². The topological polar surface area (TPSA) is 75.3 Å². The van der Waals surface area contributed by atoms with Crippen LogP contribution in [0.1, 0.15) is 44.0 Å². The fourth-order valence-corrected chi connectivity index (χ4v) is 1.99. The summed E-state index contributed by atoms with van der Waals surface area (Å²) in [7, 11) is 0. The number of hydrogen-bond acceptors (Lipinski definition) is 4. The molecule has 2 N–H and O–H groups in total. The summed E-state index contributed by atoms with van der Waals surface area (Å²) >= 11 is 0. The Balaban J connectivity index is 0.00000288. The number of nitrogens with one attached hydrogen (secondary N) is 2. The largest absolute Gasteiger partial charge is 0.357 e. The minimum Gasteiger partial charge on any atom is -0.357 e. The third-order valence-electron chi connectivity index (χ3n) is 3.24. The summed E-state index contributed by atoms with van der Waals surface area (Å²) in [6, 6.07) is 10.2. The highest BCUT2D eigenvalue weighted by Crippen LogP contribution is 2.09. The van der Waals surface area contributed by atoms with Crippen LogP contribution < -0.4 is 10.6 Å². The second-order valence-corrected chi connectivity index (χ2v) is 5.56. The molecule has 7 heteroatoms. The van der Waals surface area contributed by atoms with Gasteiger partial charge >= 0.3 is 0 Å². The zero-order valence-electron chi connectivity index (χ0n) is 14.5. The van der Waals surface area contributed by atoms with Crippen LogP contribution in [0.15, 0.2) is 39.8 Å². The number of aliphatic imine (C=N–C) groups is 1. The number of guanidine groups is 1. The highest BCUT2D eigenvalue weighted by Gasteiger charge is 2.09. The average molecular weight is 443 g/mol.